The first-order valence-corrected chi connectivity index (χ1v) is 8.30. The normalized spacial score (nSPS) is 10.5. The number of nitro groups is 1. The smallest absolute Gasteiger partial charge is 0.269 e. The average Bonchev–Trinajstić information content (AvgIpc) is 2.57. The Hall–Kier alpha value is -2.12. The number of rotatable bonds is 8. The molecule has 2 aromatic rings. The number of nitro benzene ring substituents is 1. The van der Waals surface area contributed by atoms with Gasteiger partial charge in [-0.2, -0.15) is 0 Å². The minimum absolute atomic E-state index is 0.0629. The van der Waals surface area contributed by atoms with Crippen molar-refractivity contribution in [3.8, 4) is 11.5 Å². The lowest BCUT2D eigenvalue weighted by Gasteiger charge is -2.15. The van der Waals surface area contributed by atoms with Crippen molar-refractivity contribution in [3.63, 3.8) is 0 Å². The predicted molar refractivity (Wildman–Crippen MR) is 95.5 cm³/mol. The Morgan fingerprint density at radius 3 is 2.42 bits per heavy atom. The molecule has 0 bridgehead atoms. The average molecular weight is 395 g/mol. The summed E-state index contributed by atoms with van der Waals surface area (Å²) in [7, 11) is 1.88. The summed E-state index contributed by atoms with van der Waals surface area (Å²) in [4.78, 5) is 10.3. The maximum atomic E-state index is 10.7. The van der Waals surface area contributed by atoms with Crippen molar-refractivity contribution in [2.45, 2.75) is 20.1 Å². The zero-order chi connectivity index (χ0) is 17.5. The van der Waals surface area contributed by atoms with E-state index in [-0.39, 0.29) is 5.69 Å². The van der Waals surface area contributed by atoms with Crippen molar-refractivity contribution in [2.75, 3.05) is 13.7 Å². The van der Waals surface area contributed by atoms with Gasteiger partial charge in [0.25, 0.3) is 5.69 Å². The fourth-order valence-electron chi connectivity index (χ4n) is 2.16. The Balaban J connectivity index is 2.15. The Bertz CT molecular complexity index is 704. The third-order valence-corrected chi connectivity index (χ3v) is 4.06. The van der Waals surface area contributed by atoms with E-state index in [9.17, 15) is 10.1 Å². The standard InChI is InChI=1S/C17H19BrN2O4/c1-3-23-16-8-13(10-19-2)15(18)9-17(16)24-11-12-4-6-14(7-5-12)20(21)22/h4-9,19H,3,10-11H2,1-2H3. The molecule has 0 aromatic heterocycles. The number of nitrogens with zero attached hydrogens (tertiary/aromatic N) is 1. The summed E-state index contributed by atoms with van der Waals surface area (Å²) in [6.07, 6.45) is 0. The van der Waals surface area contributed by atoms with Crippen LogP contribution < -0.4 is 14.8 Å². The van der Waals surface area contributed by atoms with Crippen LogP contribution in [0.1, 0.15) is 18.1 Å². The van der Waals surface area contributed by atoms with Gasteiger partial charge in [-0.05, 0) is 49.4 Å². The van der Waals surface area contributed by atoms with E-state index in [4.69, 9.17) is 9.47 Å². The van der Waals surface area contributed by atoms with Gasteiger partial charge in [-0.1, -0.05) is 15.9 Å². The predicted octanol–water partition coefficient (Wildman–Crippen LogP) is 4.05. The molecule has 0 aliphatic carbocycles. The fraction of sp³-hybridized carbons (Fsp3) is 0.294. The molecule has 0 radical (unpaired) electrons. The highest BCUT2D eigenvalue weighted by molar-refractivity contribution is 9.10. The monoisotopic (exact) mass is 394 g/mol. The largest absolute Gasteiger partial charge is 0.490 e. The quantitative estimate of drug-likeness (QED) is 0.539. The van der Waals surface area contributed by atoms with Gasteiger partial charge < -0.3 is 14.8 Å². The number of benzene rings is 2. The summed E-state index contributed by atoms with van der Waals surface area (Å²) in [5, 5.41) is 13.8. The van der Waals surface area contributed by atoms with E-state index in [1.165, 1.54) is 12.1 Å². The molecule has 0 saturated heterocycles. The van der Waals surface area contributed by atoms with Crippen molar-refractivity contribution in [1.29, 1.82) is 0 Å². The van der Waals surface area contributed by atoms with Gasteiger partial charge in [0.2, 0.25) is 0 Å². The number of hydrogen-bond donors (Lipinski definition) is 1. The van der Waals surface area contributed by atoms with Gasteiger partial charge in [0.1, 0.15) is 6.61 Å². The van der Waals surface area contributed by atoms with Crippen molar-refractivity contribution in [3.05, 3.63) is 62.1 Å². The Morgan fingerprint density at radius 1 is 1.17 bits per heavy atom. The molecule has 6 nitrogen and oxygen atoms in total. The van der Waals surface area contributed by atoms with Crippen LogP contribution in [0.4, 0.5) is 5.69 Å². The van der Waals surface area contributed by atoms with Crippen LogP contribution in [0, 0.1) is 10.1 Å². The number of halogens is 1. The van der Waals surface area contributed by atoms with Crippen LogP contribution in [-0.2, 0) is 13.2 Å². The molecule has 0 saturated carbocycles. The van der Waals surface area contributed by atoms with Crippen LogP contribution in [0.25, 0.3) is 0 Å². The number of non-ortho nitro benzene ring substituents is 1. The molecule has 2 rings (SSSR count). The highest BCUT2D eigenvalue weighted by atomic mass is 79.9. The van der Waals surface area contributed by atoms with Gasteiger partial charge in [-0.25, -0.2) is 0 Å². The Labute approximate surface area is 149 Å². The number of nitrogens with one attached hydrogen (secondary N) is 1. The molecule has 0 fully saturated rings. The van der Waals surface area contributed by atoms with Gasteiger partial charge in [0.15, 0.2) is 11.5 Å². The number of hydrogen-bond acceptors (Lipinski definition) is 5. The second-order valence-corrected chi connectivity index (χ2v) is 5.92. The van der Waals surface area contributed by atoms with Crippen LogP contribution in [0.3, 0.4) is 0 Å². The van der Waals surface area contributed by atoms with E-state index in [0.29, 0.717) is 31.3 Å². The van der Waals surface area contributed by atoms with Gasteiger partial charge in [0, 0.05) is 23.2 Å². The lowest BCUT2D eigenvalue weighted by atomic mass is 10.2. The first kappa shape index (κ1) is 18.2. The molecule has 0 spiro atoms. The Kier molecular flexibility index (Phi) is 6.57. The second-order valence-electron chi connectivity index (χ2n) is 5.07. The van der Waals surface area contributed by atoms with Gasteiger partial charge in [-0.3, -0.25) is 10.1 Å². The van der Waals surface area contributed by atoms with E-state index < -0.39 is 4.92 Å². The summed E-state index contributed by atoms with van der Waals surface area (Å²) in [5.41, 5.74) is 1.98. The lowest BCUT2D eigenvalue weighted by molar-refractivity contribution is -0.384. The molecule has 0 aliphatic heterocycles. The van der Waals surface area contributed by atoms with Gasteiger partial charge in [-0.15, -0.1) is 0 Å². The summed E-state index contributed by atoms with van der Waals surface area (Å²) in [6.45, 7) is 3.47. The van der Waals surface area contributed by atoms with Crippen molar-refractivity contribution < 1.29 is 14.4 Å². The van der Waals surface area contributed by atoms with Crippen LogP contribution in [0.15, 0.2) is 40.9 Å². The summed E-state index contributed by atoms with van der Waals surface area (Å²) < 4.78 is 12.4. The van der Waals surface area contributed by atoms with E-state index >= 15 is 0 Å². The third-order valence-electron chi connectivity index (χ3n) is 3.32. The van der Waals surface area contributed by atoms with Crippen LogP contribution in [0.5, 0.6) is 11.5 Å². The molecule has 0 unspecified atom stereocenters. The highest BCUT2D eigenvalue weighted by Crippen LogP contribution is 2.34. The first-order valence-electron chi connectivity index (χ1n) is 7.51. The molecule has 24 heavy (non-hydrogen) atoms. The van der Waals surface area contributed by atoms with Crippen molar-refractivity contribution >= 4 is 21.6 Å². The van der Waals surface area contributed by atoms with Gasteiger partial charge >= 0.3 is 0 Å². The van der Waals surface area contributed by atoms with Crippen LogP contribution >= 0.6 is 15.9 Å². The Morgan fingerprint density at radius 2 is 1.83 bits per heavy atom. The van der Waals surface area contributed by atoms with E-state index in [1.54, 1.807) is 12.1 Å². The zero-order valence-electron chi connectivity index (χ0n) is 13.5. The van der Waals surface area contributed by atoms with E-state index in [2.05, 4.69) is 21.2 Å². The van der Waals surface area contributed by atoms with Gasteiger partial charge in [0.05, 0.1) is 11.5 Å². The van der Waals surface area contributed by atoms with Crippen molar-refractivity contribution in [2.24, 2.45) is 0 Å². The maximum absolute atomic E-state index is 10.7. The molecule has 0 aliphatic rings. The molecule has 128 valence electrons. The summed E-state index contributed by atoms with van der Waals surface area (Å²) in [5.74, 6) is 1.30. The van der Waals surface area contributed by atoms with Crippen molar-refractivity contribution in [1.82, 2.24) is 5.32 Å². The topological polar surface area (TPSA) is 73.6 Å². The third kappa shape index (κ3) is 4.69. The minimum Gasteiger partial charge on any atom is -0.490 e. The van der Waals surface area contributed by atoms with Crippen LogP contribution in [-0.4, -0.2) is 18.6 Å². The lowest BCUT2D eigenvalue weighted by Crippen LogP contribution is -2.07. The maximum Gasteiger partial charge on any atom is 0.269 e. The fourth-order valence-corrected chi connectivity index (χ4v) is 2.62. The summed E-state index contributed by atoms with van der Waals surface area (Å²) in [6, 6.07) is 10.1. The summed E-state index contributed by atoms with van der Waals surface area (Å²) >= 11 is 3.53. The SMILES string of the molecule is CCOc1cc(CNC)c(Br)cc1OCc1ccc([N+](=O)[O-])cc1. The molecule has 1 N–H and O–H groups in total. The first-order chi connectivity index (χ1) is 11.5. The molecule has 0 amide bonds. The molecule has 0 atom stereocenters. The zero-order valence-corrected chi connectivity index (χ0v) is 15.1. The minimum atomic E-state index is -0.421. The van der Waals surface area contributed by atoms with E-state index in [0.717, 1.165) is 15.6 Å². The molecular formula is C17H19BrN2O4. The molecule has 0 heterocycles. The molecular weight excluding hydrogens is 376 g/mol. The second kappa shape index (κ2) is 8.65. The highest BCUT2D eigenvalue weighted by Gasteiger charge is 2.11. The van der Waals surface area contributed by atoms with Crippen LogP contribution in [0.2, 0.25) is 0 Å². The molecule has 7 heteroatoms. The molecule has 2 aromatic carbocycles. The van der Waals surface area contributed by atoms with E-state index in [1.807, 2.05) is 26.1 Å². The number of ether oxygens (including phenoxy) is 2.